The highest BCUT2D eigenvalue weighted by Crippen LogP contribution is 2.20. The standard InChI is InChI=1S/C14H20BrN3O/c1-2-18-7-5-11(6-8-18)17-14(19)12-9-10(16)3-4-13(12)15/h3-4,9,11H,2,5-8,16H2,1H3,(H,17,19). The van der Waals surface area contributed by atoms with E-state index in [4.69, 9.17) is 5.73 Å². The Morgan fingerprint density at radius 1 is 1.47 bits per heavy atom. The fourth-order valence-electron chi connectivity index (χ4n) is 2.37. The van der Waals surface area contributed by atoms with Crippen LogP contribution in [0, 0.1) is 0 Å². The third-order valence-electron chi connectivity index (χ3n) is 3.61. The smallest absolute Gasteiger partial charge is 0.252 e. The van der Waals surface area contributed by atoms with Crippen LogP contribution in [0.25, 0.3) is 0 Å². The maximum absolute atomic E-state index is 12.2. The number of anilines is 1. The van der Waals surface area contributed by atoms with Gasteiger partial charge in [-0.25, -0.2) is 0 Å². The van der Waals surface area contributed by atoms with Gasteiger partial charge in [0, 0.05) is 29.3 Å². The number of nitrogens with two attached hydrogens (primary N) is 1. The maximum atomic E-state index is 12.2. The Balaban J connectivity index is 1.96. The highest BCUT2D eigenvalue weighted by atomic mass is 79.9. The molecule has 0 aromatic heterocycles. The molecule has 0 bridgehead atoms. The zero-order valence-corrected chi connectivity index (χ0v) is 12.7. The largest absolute Gasteiger partial charge is 0.399 e. The Bertz CT molecular complexity index is 456. The average molecular weight is 326 g/mol. The van der Waals surface area contributed by atoms with Gasteiger partial charge >= 0.3 is 0 Å². The van der Waals surface area contributed by atoms with Gasteiger partial charge in [0.15, 0.2) is 0 Å². The van der Waals surface area contributed by atoms with Crippen LogP contribution in [0.3, 0.4) is 0 Å². The number of nitrogens with one attached hydrogen (secondary N) is 1. The summed E-state index contributed by atoms with van der Waals surface area (Å²) < 4.78 is 0.783. The number of amides is 1. The highest BCUT2D eigenvalue weighted by Gasteiger charge is 2.21. The molecule has 1 fully saturated rings. The van der Waals surface area contributed by atoms with Gasteiger partial charge in [-0.2, -0.15) is 0 Å². The highest BCUT2D eigenvalue weighted by molar-refractivity contribution is 9.10. The Morgan fingerprint density at radius 2 is 2.16 bits per heavy atom. The molecule has 0 saturated carbocycles. The number of halogens is 1. The summed E-state index contributed by atoms with van der Waals surface area (Å²) in [5, 5.41) is 3.10. The van der Waals surface area contributed by atoms with E-state index >= 15 is 0 Å². The molecule has 1 aliphatic heterocycles. The first kappa shape index (κ1) is 14.3. The molecule has 0 spiro atoms. The Morgan fingerprint density at radius 3 is 2.79 bits per heavy atom. The molecule has 1 heterocycles. The molecule has 1 saturated heterocycles. The van der Waals surface area contributed by atoms with Crippen LogP contribution in [0.1, 0.15) is 30.1 Å². The molecular formula is C14H20BrN3O. The Labute approximate surface area is 122 Å². The van der Waals surface area contributed by atoms with Gasteiger partial charge < -0.3 is 16.0 Å². The lowest BCUT2D eigenvalue weighted by Gasteiger charge is -2.31. The fraction of sp³-hybridized carbons (Fsp3) is 0.500. The van der Waals surface area contributed by atoms with Gasteiger partial charge in [0.2, 0.25) is 0 Å². The summed E-state index contributed by atoms with van der Waals surface area (Å²) in [5.74, 6) is -0.0471. The summed E-state index contributed by atoms with van der Waals surface area (Å²) in [4.78, 5) is 14.6. The molecule has 19 heavy (non-hydrogen) atoms. The Kier molecular flexibility index (Phi) is 4.82. The second kappa shape index (κ2) is 6.39. The Hall–Kier alpha value is -1.07. The van der Waals surface area contributed by atoms with Gasteiger partial charge in [0.05, 0.1) is 5.56 Å². The molecule has 0 aliphatic carbocycles. The van der Waals surface area contributed by atoms with E-state index in [1.807, 2.05) is 6.07 Å². The van der Waals surface area contributed by atoms with Crippen LogP contribution in [0.2, 0.25) is 0 Å². The quantitative estimate of drug-likeness (QED) is 0.838. The van der Waals surface area contributed by atoms with Crippen molar-refractivity contribution < 1.29 is 4.79 Å². The minimum Gasteiger partial charge on any atom is -0.399 e. The molecule has 3 N–H and O–H groups in total. The number of hydrogen-bond donors (Lipinski definition) is 2. The van der Waals surface area contributed by atoms with Crippen molar-refractivity contribution in [3.05, 3.63) is 28.2 Å². The maximum Gasteiger partial charge on any atom is 0.252 e. The van der Waals surface area contributed by atoms with Crippen LogP contribution in [-0.2, 0) is 0 Å². The van der Waals surface area contributed by atoms with Crippen molar-refractivity contribution in [1.82, 2.24) is 10.2 Å². The number of rotatable bonds is 3. The fourth-order valence-corrected chi connectivity index (χ4v) is 2.80. The van der Waals surface area contributed by atoms with E-state index in [2.05, 4.69) is 33.1 Å². The first-order valence-electron chi connectivity index (χ1n) is 6.68. The summed E-state index contributed by atoms with van der Waals surface area (Å²) in [7, 11) is 0. The molecule has 0 atom stereocenters. The van der Waals surface area contributed by atoms with Gasteiger partial charge in [0.25, 0.3) is 5.91 Å². The van der Waals surface area contributed by atoms with Gasteiger partial charge in [-0.3, -0.25) is 4.79 Å². The predicted molar refractivity (Wildman–Crippen MR) is 81.2 cm³/mol. The monoisotopic (exact) mass is 325 g/mol. The molecule has 104 valence electrons. The van der Waals surface area contributed by atoms with Gasteiger partial charge in [0.1, 0.15) is 0 Å². The molecule has 1 aromatic rings. The van der Waals surface area contributed by atoms with Crippen molar-refractivity contribution >= 4 is 27.5 Å². The average Bonchev–Trinajstić information content (AvgIpc) is 2.42. The van der Waals surface area contributed by atoms with Crippen molar-refractivity contribution in [2.75, 3.05) is 25.4 Å². The predicted octanol–water partition coefficient (Wildman–Crippen LogP) is 2.25. The first-order valence-corrected chi connectivity index (χ1v) is 7.47. The molecule has 4 nitrogen and oxygen atoms in total. The first-order chi connectivity index (χ1) is 9.10. The van der Waals surface area contributed by atoms with Gasteiger partial charge in [-0.15, -0.1) is 0 Å². The molecule has 1 aromatic carbocycles. The lowest BCUT2D eigenvalue weighted by molar-refractivity contribution is 0.0912. The van der Waals surface area contributed by atoms with Gasteiger partial charge in [-0.1, -0.05) is 6.92 Å². The lowest BCUT2D eigenvalue weighted by Crippen LogP contribution is -2.44. The number of piperidine rings is 1. The SMILES string of the molecule is CCN1CCC(NC(=O)c2cc(N)ccc2Br)CC1. The number of likely N-dealkylation sites (tertiary alicyclic amines) is 1. The van der Waals surface area contributed by atoms with Crippen molar-refractivity contribution in [1.29, 1.82) is 0 Å². The molecule has 5 heteroatoms. The van der Waals surface area contributed by atoms with E-state index in [1.54, 1.807) is 12.1 Å². The summed E-state index contributed by atoms with van der Waals surface area (Å²) in [6.07, 6.45) is 2.03. The van der Waals surface area contributed by atoms with E-state index < -0.39 is 0 Å². The number of carbonyl (C=O) groups excluding carboxylic acids is 1. The van der Waals surface area contributed by atoms with Crippen molar-refractivity contribution in [3.63, 3.8) is 0 Å². The van der Waals surface area contributed by atoms with Crippen molar-refractivity contribution in [2.45, 2.75) is 25.8 Å². The summed E-state index contributed by atoms with van der Waals surface area (Å²) in [6, 6.07) is 5.56. The molecule has 1 aliphatic rings. The van der Waals surface area contributed by atoms with E-state index in [1.165, 1.54) is 0 Å². The zero-order chi connectivity index (χ0) is 13.8. The van der Waals surface area contributed by atoms with Crippen LogP contribution in [0.4, 0.5) is 5.69 Å². The number of hydrogen-bond acceptors (Lipinski definition) is 3. The molecule has 0 unspecified atom stereocenters. The molecule has 2 rings (SSSR count). The number of benzene rings is 1. The van der Waals surface area contributed by atoms with Gasteiger partial charge in [-0.05, 0) is 53.5 Å². The van der Waals surface area contributed by atoms with E-state index in [-0.39, 0.29) is 11.9 Å². The normalized spacial score (nSPS) is 17.4. The summed E-state index contributed by atoms with van der Waals surface area (Å²) in [5.41, 5.74) is 6.94. The zero-order valence-electron chi connectivity index (χ0n) is 11.2. The van der Waals surface area contributed by atoms with Crippen LogP contribution >= 0.6 is 15.9 Å². The number of nitrogens with zero attached hydrogens (tertiary/aromatic N) is 1. The summed E-state index contributed by atoms with van der Waals surface area (Å²) in [6.45, 7) is 5.36. The van der Waals surface area contributed by atoms with Crippen LogP contribution < -0.4 is 11.1 Å². The third-order valence-corrected chi connectivity index (χ3v) is 4.30. The summed E-state index contributed by atoms with van der Waals surface area (Å²) >= 11 is 3.39. The number of carbonyl (C=O) groups is 1. The molecular weight excluding hydrogens is 306 g/mol. The minimum atomic E-state index is -0.0471. The van der Waals surface area contributed by atoms with Crippen LogP contribution in [0.15, 0.2) is 22.7 Å². The number of nitrogen functional groups attached to an aromatic ring is 1. The van der Waals surface area contributed by atoms with E-state index in [0.717, 1.165) is 36.9 Å². The van der Waals surface area contributed by atoms with Crippen LogP contribution in [-0.4, -0.2) is 36.5 Å². The minimum absolute atomic E-state index is 0.0471. The van der Waals surface area contributed by atoms with E-state index in [0.29, 0.717) is 11.3 Å². The second-order valence-electron chi connectivity index (χ2n) is 4.92. The second-order valence-corrected chi connectivity index (χ2v) is 5.78. The van der Waals surface area contributed by atoms with E-state index in [9.17, 15) is 4.79 Å². The molecule has 0 radical (unpaired) electrons. The lowest BCUT2D eigenvalue weighted by atomic mass is 10.0. The topological polar surface area (TPSA) is 58.4 Å². The van der Waals surface area contributed by atoms with Crippen molar-refractivity contribution in [2.24, 2.45) is 0 Å². The van der Waals surface area contributed by atoms with Crippen molar-refractivity contribution in [3.8, 4) is 0 Å². The molecule has 1 amide bonds. The van der Waals surface area contributed by atoms with Crippen LogP contribution in [0.5, 0.6) is 0 Å². The third kappa shape index (κ3) is 3.70.